The Kier molecular flexibility index (Phi) is 5.61. The van der Waals surface area contributed by atoms with Crippen LogP contribution in [0.2, 0.25) is 5.02 Å². The number of ether oxygens (including phenoxy) is 2. The molecule has 0 bridgehead atoms. The summed E-state index contributed by atoms with van der Waals surface area (Å²) in [6.45, 7) is 3.23. The molecule has 0 fully saturated rings. The summed E-state index contributed by atoms with van der Waals surface area (Å²) >= 11 is 5.94. The number of fused-ring (bicyclic) bond motifs is 1. The molecule has 0 saturated heterocycles. The maximum Gasteiger partial charge on any atom is 0.244 e. The van der Waals surface area contributed by atoms with Gasteiger partial charge in [-0.3, -0.25) is 4.79 Å². The molecule has 0 aromatic heterocycles. The van der Waals surface area contributed by atoms with E-state index in [2.05, 4.69) is 5.32 Å². The molecule has 1 aliphatic heterocycles. The predicted octanol–water partition coefficient (Wildman–Crippen LogP) is 4.39. The van der Waals surface area contributed by atoms with Crippen molar-refractivity contribution < 1.29 is 14.3 Å². The van der Waals surface area contributed by atoms with Gasteiger partial charge in [-0.2, -0.15) is 0 Å². The van der Waals surface area contributed by atoms with Crippen molar-refractivity contribution >= 4 is 23.6 Å². The molecule has 0 aliphatic carbocycles. The number of benzene rings is 2. The van der Waals surface area contributed by atoms with Gasteiger partial charge in [0.2, 0.25) is 5.91 Å². The third-order valence-corrected chi connectivity index (χ3v) is 4.14. The molecule has 1 unspecified atom stereocenters. The van der Waals surface area contributed by atoms with Crippen LogP contribution >= 0.6 is 11.6 Å². The Morgan fingerprint density at radius 1 is 1.16 bits per heavy atom. The van der Waals surface area contributed by atoms with E-state index in [1.54, 1.807) is 18.2 Å². The zero-order valence-electron chi connectivity index (χ0n) is 14.0. The van der Waals surface area contributed by atoms with Gasteiger partial charge in [0.05, 0.1) is 19.3 Å². The lowest BCUT2D eigenvalue weighted by atomic mass is 10.1. The first kappa shape index (κ1) is 17.4. The van der Waals surface area contributed by atoms with Crippen LogP contribution in [0.5, 0.6) is 11.5 Å². The zero-order chi connectivity index (χ0) is 17.6. The largest absolute Gasteiger partial charge is 0.490 e. The lowest BCUT2D eigenvalue weighted by Gasteiger charge is -2.15. The van der Waals surface area contributed by atoms with Gasteiger partial charge in [-0.05, 0) is 48.4 Å². The van der Waals surface area contributed by atoms with Gasteiger partial charge in [-0.1, -0.05) is 29.8 Å². The molecule has 1 heterocycles. The molecule has 25 heavy (non-hydrogen) atoms. The van der Waals surface area contributed by atoms with Crippen molar-refractivity contribution in [3.05, 3.63) is 64.7 Å². The van der Waals surface area contributed by atoms with Gasteiger partial charge in [-0.15, -0.1) is 0 Å². The van der Waals surface area contributed by atoms with Crippen molar-refractivity contribution in [1.29, 1.82) is 0 Å². The number of hydrogen-bond donors (Lipinski definition) is 1. The first-order valence-corrected chi connectivity index (χ1v) is 8.63. The number of carbonyl (C=O) groups is 1. The SMILES string of the molecule is CC(NC(=O)/C=C/c1cccc(Cl)c1)c1ccc2c(c1)OCCCO2. The number of amides is 1. The van der Waals surface area contributed by atoms with Crippen LogP contribution in [-0.2, 0) is 4.79 Å². The average molecular weight is 358 g/mol. The molecular formula is C20H20ClNO3. The summed E-state index contributed by atoms with van der Waals surface area (Å²) < 4.78 is 11.3. The van der Waals surface area contributed by atoms with E-state index in [9.17, 15) is 4.79 Å². The van der Waals surface area contributed by atoms with Gasteiger partial charge in [0.25, 0.3) is 0 Å². The van der Waals surface area contributed by atoms with Crippen molar-refractivity contribution in [3.8, 4) is 11.5 Å². The first-order valence-electron chi connectivity index (χ1n) is 8.25. The fraction of sp³-hybridized carbons (Fsp3) is 0.250. The standard InChI is InChI=1S/C20H20ClNO3/c1-14(16-7-8-18-19(13-16)25-11-3-10-24-18)22-20(23)9-6-15-4-2-5-17(21)12-15/h2,4-9,12-14H,3,10-11H2,1H3,(H,22,23)/b9-6+. The Morgan fingerprint density at radius 2 is 1.96 bits per heavy atom. The fourth-order valence-corrected chi connectivity index (χ4v) is 2.77. The van der Waals surface area contributed by atoms with Crippen molar-refractivity contribution in [3.63, 3.8) is 0 Å². The molecule has 1 N–H and O–H groups in total. The Bertz CT molecular complexity index is 788. The van der Waals surface area contributed by atoms with Gasteiger partial charge >= 0.3 is 0 Å². The fourth-order valence-electron chi connectivity index (χ4n) is 2.58. The van der Waals surface area contributed by atoms with Gasteiger partial charge in [0.15, 0.2) is 11.5 Å². The molecule has 5 heteroatoms. The lowest BCUT2D eigenvalue weighted by Crippen LogP contribution is -2.24. The van der Waals surface area contributed by atoms with E-state index >= 15 is 0 Å². The van der Waals surface area contributed by atoms with Crippen LogP contribution in [0.4, 0.5) is 0 Å². The van der Waals surface area contributed by atoms with E-state index in [1.807, 2.05) is 37.3 Å². The van der Waals surface area contributed by atoms with E-state index in [-0.39, 0.29) is 11.9 Å². The number of nitrogens with one attached hydrogen (secondary N) is 1. The third-order valence-electron chi connectivity index (χ3n) is 3.91. The zero-order valence-corrected chi connectivity index (χ0v) is 14.8. The van der Waals surface area contributed by atoms with Gasteiger partial charge < -0.3 is 14.8 Å². The smallest absolute Gasteiger partial charge is 0.244 e. The number of halogens is 1. The summed E-state index contributed by atoms with van der Waals surface area (Å²) in [4.78, 5) is 12.1. The van der Waals surface area contributed by atoms with Gasteiger partial charge in [-0.25, -0.2) is 0 Å². The van der Waals surface area contributed by atoms with E-state index in [0.29, 0.717) is 18.2 Å². The van der Waals surface area contributed by atoms with Crippen LogP contribution in [0, 0.1) is 0 Å². The van der Waals surface area contributed by atoms with Crippen LogP contribution in [0.1, 0.15) is 30.5 Å². The summed E-state index contributed by atoms with van der Waals surface area (Å²) in [6.07, 6.45) is 4.11. The van der Waals surface area contributed by atoms with Crippen molar-refractivity contribution in [2.24, 2.45) is 0 Å². The van der Waals surface area contributed by atoms with Crippen LogP contribution in [0.25, 0.3) is 6.08 Å². The maximum atomic E-state index is 12.1. The van der Waals surface area contributed by atoms with E-state index < -0.39 is 0 Å². The number of rotatable bonds is 4. The van der Waals surface area contributed by atoms with Gasteiger partial charge in [0.1, 0.15) is 0 Å². The Balaban J connectivity index is 1.64. The molecule has 1 aliphatic rings. The van der Waals surface area contributed by atoms with Crippen LogP contribution in [0.3, 0.4) is 0 Å². The van der Waals surface area contributed by atoms with E-state index in [0.717, 1.165) is 29.0 Å². The molecule has 0 spiro atoms. The molecule has 130 valence electrons. The second kappa shape index (κ2) is 8.08. The highest BCUT2D eigenvalue weighted by Crippen LogP contribution is 2.32. The second-order valence-corrected chi connectivity index (χ2v) is 6.31. The molecule has 0 saturated carbocycles. The summed E-state index contributed by atoms with van der Waals surface area (Å²) in [5.74, 6) is 1.31. The Labute approximate surface area is 152 Å². The van der Waals surface area contributed by atoms with Gasteiger partial charge in [0, 0.05) is 17.5 Å². The molecule has 2 aromatic carbocycles. The Morgan fingerprint density at radius 3 is 2.76 bits per heavy atom. The molecule has 1 atom stereocenters. The minimum absolute atomic E-state index is 0.145. The maximum absolute atomic E-state index is 12.1. The van der Waals surface area contributed by atoms with Crippen LogP contribution < -0.4 is 14.8 Å². The van der Waals surface area contributed by atoms with Crippen molar-refractivity contribution in [2.75, 3.05) is 13.2 Å². The van der Waals surface area contributed by atoms with E-state index in [4.69, 9.17) is 21.1 Å². The van der Waals surface area contributed by atoms with Crippen LogP contribution in [-0.4, -0.2) is 19.1 Å². The highest BCUT2D eigenvalue weighted by atomic mass is 35.5. The summed E-state index contributed by atoms with van der Waals surface area (Å²) in [5.41, 5.74) is 1.85. The average Bonchev–Trinajstić information content (AvgIpc) is 2.84. The molecule has 1 amide bonds. The van der Waals surface area contributed by atoms with Crippen LogP contribution in [0.15, 0.2) is 48.5 Å². The van der Waals surface area contributed by atoms with Crippen molar-refractivity contribution in [2.45, 2.75) is 19.4 Å². The molecule has 4 nitrogen and oxygen atoms in total. The minimum Gasteiger partial charge on any atom is -0.490 e. The quantitative estimate of drug-likeness (QED) is 0.825. The third kappa shape index (κ3) is 4.77. The summed E-state index contributed by atoms with van der Waals surface area (Å²) in [7, 11) is 0. The second-order valence-electron chi connectivity index (χ2n) is 5.88. The monoisotopic (exact) mass is 357 g/mol. The number of hydrogen-bond acceptors (Lipinski definition) is 3. The van der Waals surface area contributed by atoms with Crippen molar-refractivity contribution in [1.82, 2.24) is 5.32 Å². The topological polar surface area (TPSA) is 47.6 Å². The molecule has 3 rings (SSSR count). The lowest BCUT2D eigenvalue weighted by molar-refractivity contribution is -0.117. The van der Waals surface area contributed by atoms with E-state index in [1.165, 1.54) is 6.08 Å². The normalized spacial score (nSPS) is 14.8. The first-order chi connectivity index (χ1) is 12.1. The highest BCUT2D eigenvalue weighted by molar-refractivity contribution is 6.30. The highest BCUT2D eigenvalue weighted by Gasteiger charge is 2.14. The molecule has 0 radical (unpaired) electrons. The molecular weight excluding hydrogens is 338 g/mol. The predicted molar refractivity (Wildman–Crippen MR) is 99.1 cm³/mol. The molecule has 2 aromatic rings. The minimum atomic E-state index is -0.167. The Hall–Kier alpha value is -2.46. The summed E-state index contributed by atoms with van der Waals surface area (Å²) in [6, 6.07) is 13.0. The summed E-state index contributed by atoms with van der Waals surface area (Å²) in [5, 5.41) is 3.59. The number of carbonyl (C=O) groups excluding carboxylic acids is 1.